The van der Waals surface area contributed by atoms with Gasteiger partial charge in [-0.25, -0.2) is 0 Å². The van der Waals surface area contributed by atoms with Gasteiger partial charge in [0.15, 0.2) is 0 Å². The summed E-state index contributed by atoms with van der Waals surface area (Å²) in [5.41, 5.74) is 2.44. The normalized spacial score (nSPS) is 15.8. The van der Waals surface area contributed by atoms with Crippen LogP contribution in [-0.2, 0) is 16.0 Å². The SMILES string of the molecule is CC(=O)N(CC(=O)N1CCc2sccc2[C@@H]1COc1ccc(C(C)C)cc1)CC(C)C. The Morgan fingerprint density at radius 3 is 2.48 bits per heavy atom. The lowest BCUT2D eigenvalue weighted by Gasteiger charge is -2.37. The predicted molar refractivity (Wildman–Crippen MR) is 126 cm³/mol. The van der Waals surface area contributed by atoms with Crippen LogP contribution >= 0.6 is 11.3 Å². The summed E-state index contributed by atoms with van der Waals surface area (Å²) in [6.07, 6.45) is 0.850. The zero-order valence-electron chi connectivity index (χ0n) is 19.3. The van der Waals surface area contributed by atoms with Crippen LogP contribution in [0.4, 0.5) is 0 Å². The first kappa shape index (κ1) is 23.3. The summed E-state index contributed by atoms with van der Waals surface area (Å²) < 4.78 is 6.13. The fourth-order valence-electron chi connectivity index (χ4n) is 4.00. The van der Waals surface area contributed by atoms with Gasteiger partial charge in [-0.2, -0.15) is 0 Å². The first-order valence-electron chi connectivity index (χ1n) is 11.1. The molecule has 0 unspecified atom stereocenters. The summed E-state index contributed by atoms with van der Waals surface area (Å²) in [6, 6.07) is 10.1. The minimum Gasteiger partial charge on any atom is -0.491 e. The van der Waals surface area contributed by atoms with Crippen LogP contribution in [0.15, 0.2) is 35.7 Å². The van der Waals surface area contributed by atoms with E-state index in [1.165, 1.54) is 22.9 Å². The monoisotopic (exact) mass is 442 g/mol. The van der Waals surface area contributed by atoms with Crippen LogP contribution in [0.25, 0.3) is 0 Å². The van der Waals surface area contributed by atoms with Crippen LogP contribution < -0.4 is 4.74 Å². The second-order valence-electron chi connectivity index (χ2n) is 8.98. The van der Waals surface area contributed by atoms with Gasteiger partial charge in [0.1, 0.15) is 12.4 Å². The molecule has 2 aromatic rings. The van der Waals surface area contributed by atoms with Crippen molar-refractivity contribution in [3.05, 3.63) is 51.7 Å². The van der Waals surface area contributed by atoms with E-state index in [1.807, 2.05) is 17.0 Å². The average molecular weight is 443 g/mol. The van der Waals surface area contributed by atoms with Crippen molar-refractivity contribution in [2.75, 3.05) is 26.2 Å². The fourth-order valence-corrected chi connectivity index (χ4v) is 4.93. The maximum absolute atomic E-state index is 13.2. The Bertz CT molecular complexity index is 888. The number of fused-ring (bicyclic) bond motifs is 1. The molecule has 1 aromatic heterocycles. The molecular formula is C25H34N2O3S. The lowest BCUT2D eigenvalue weighted by Crippen LogP contribution is -2.48. The highest BCUT2D eigenvalue weighted by Gasteiger charge is 2.33. The zero-order chi connectivity index (χ0) is 22.5. The molecule has 0 fully saturated rings. The fraction of sp³-hybridized carbons (Fsp3) is 0.520. The number of carbonyl (C=O) groups is 2. The smallest absolute Gasteiger partial charge is 0.242 e. The molecule has 0 bridgehead atoms. The molecule has 0 saturated carbocycles. The summed E-state index contributed by atoms with van der Waals surface area (Å²) in [7, 11) is 0. The molecule has 6 heteroatoms. The maximum Gasteiger partial charge on any atom is 0.242 e. The second kappa shape index (κ2) is 10.3. The molecule has 1 aromatic carbocycles. The molecule has 31 heavy (non-hydrogen) atoms. The Balaban J connectivity index is 1.74. The van der Waals surface area contributed by atoms with Gasteiger partial charge in [0.05, 0.1) is 12.6 Å². The molecular weight excluding hydrogens is 408 g/mol. The van der Waals surface area contributed by atoms with Crippen molar-refractivity contribution in [1.82, 2.24) is 9.80 Å². The Morgan fingerprint density at radius 1 is 1.16 bits per heavy atom. The molecule has 1 atom stereocenters. The lowest BCUT2D eigenvalue weighted by atomic mass is 10.00. The molecule has 5 nitrogen and oxygen atoms in total. The van der Waals surface area contributed by atoms with Gasteiger partial charge in [-0.1, -0.05) is 39.8 Å². The molecule has 2 amide bonds. The number of nitrogens with zero attached hydrogens (tertiary/aromatic N) is 2. The highest BCUT2D eigenvalue weighted by atomic mass is 32.1. The van der Waals surface area contributed by atoms with Gasteiger partial charge in [0.2, 0.25) is 11.8 Å². The molecule has 0 aliphatic carbocycles. The van der Waals surface area contributed by atoms with Crippen LogP contribution in [0.1, 0.15) is 62.6 Å². The standard InChI is InChI=1S/C25H34N2O3S/c1-17(2)14-26(19(5)28)15-25(29)27-12-10-24-22(11-13-31-24)23(27)16-30-21-8-6-20(7-9-21)18(3)4/h6-9,11,13,17-18,23H,10,12,14-16H2,1-5H3/t23-/m0/s1. The van der Waals surface area contributed by atoms with E-state index in [0.29, 0.717) is 31.5 Å². The van der Waals surface area contributed by atoms with Crippen molar-refractivity contribution < 1.29 is 14.3 Å². The molecule has 1 aliphatic rings. The second-order valence-corrected chi connectivity index (χ2v) is 9.98. The van der Waals surface area contributed by atoms with Gasteiger partial charge >= 0.3 is 0 Å². The van der Waals surface area contributed by atoms with E-state index in [9.17, 15) is 9.59 Å². The Hall–Kier alpha value is -2.34. The van der Waals surface area contributed by atoms with Gasteiger partial charge in [0.25, 0.3) is 0 Å². The minimum atomic E-state index is -0.139. The summed E-state index contributed by atoms with van der Waals surface area (Å²) in [5.74, 6) is 1.52. The third kappa shape index (κ3) is 5.88. The van der Waals surface area contributed by atoms with Crippen molar-refractivity contribution in [3.8, 4) is 5.75 Å². The first-order valence-corrected chi connectivity index (χ1v) is 12.0. The van der Waals surface area contributed by atoms with E-state index >= 15 is 0 Å². The molecule has 168 valence electrons. The average Bonchev–Trinajstić information content (AvgIpc) is 3.20. The Labute approximate surface area is 190 Å². The highest BCUT2D eigenvalue weighted by molar-refractivity contribution is 7.10. The predicted octanol–water partition coefficient (Wildman–Crippen LogP) is 4.88. The highest BCUT2D eigenvalue weighted by Crippen LogP contribution is 2.34. The van der Waals surface area contributed by atoms with Crippen molar-refractivity contribution in [1.29, 1.82) is 0 Å². The van der Waals surface area contributed by atoms with Gasteiger partial charge in [-0.3, -0.25) is 9.59 Å². The lowest BCUT2D eigenvalue weighted by molar-refractivity contribution is -0.142. The third-order valence-electron chi connectivity index (χ3n) is 5.73. The van der Waals surface area contributed by atoms with Crippen molar-refractivity contribution in [2.45, 2.75) is 53.0 Å². The maximum atomic E-state index is 13.2. The summed E-state index contributed by atoms with van der Waals surface area (Å²) in [5, 5.41) is 2.09. The van der Waals surface area contributed by atoms with Crippen LogP contribution in [0.2, 0.25) is 0 Å². The summed E-state index contributed by atoms with van der Waals surface area (Å²) in [6.45, 7) is 11.7. The molecule has 0 radical (unpaired) electrons. The molecule has 0 N–H and O–H groups in total. The molecule has 0 saturated heterocycles. The van der Waals surface area contributed by atoms with Gasteiger partial charge in [0, 0.05) is 24.9 Å². The van der Waals surface area contributed by atoms with Gasteiger partial charge in [-0.05, 0) is 53.0 Å². The molecule has 0 spiro atoms. The Kier molecular flexibility index (Phi) is 7.76. The number of benzene rings is 1. The van der Waals surface area contributed by atoms with Crippen LogP contribution in [0.3, 0.4) is 0 Å². The number of rotatable bonds is 8. The van der Waals surface area contributed by atoms with Crippen LogP contribution in [0, 0.1) is 5.92 Å². The Morgan fingerprint density at radius 2 is 1.87 bits per heavy atom. The van der Waals surface area contributed by atoms with E-state index < -0.39 is 0 Å². The number of amides is 2. The quantitative estimate of drug-likeness (QED) is 0.585. The third-order valence-corrected chi connectivity index (χ3v) is 6.72. The summed E-state index contributed by atoms with van der Waals surface area (Å²) in [4.78, 5) is 30.2. The minimum absolute atomic E-state index is 0.0172. The summed E-state index contributed by atoms with van der Waals surface area (Å²) >= 11 is 1.74. The van der Waals surface area contributed by atoms with E-state index in [4.69, 9.17) is 4.74 Å². The topological polar surface area (TPSA) is 49.9 Å². The number of hydrogen-bond donors (Lipinski definition) is 0. The van der Waals surface area contributed by atoms with Gasteiger partial charge in [-0.15, -0.1) is 11.3 Å². The molecule has 3 rings (SSSR count). The van der Waals surface area contributed by atoms with E-state index in [0.717, 1.165) is 12.2 Å². The largest absolute Gasteiger partial charge is 0.491 e. The number of hydrogen-bond acceptors (Lipinski definition) is 4. The van der Waals surface area contributed by atoms with Crippen molar-refractivity contribution >= 4 is 23.2 Å². The first-order chi connectivity index (χ1) is 14.8. The van der Waals surface area contributed by atoms with Crippen LogP contribution in [-0.4, -0.2) is 47.9 Å². The van der Waals surface area contributed by atoms with Crippen LogP contribution in [0.5, 0.6) is 5.75 Å². The van der Waals surface area contributed by atoms with E-state index in [1.54, 1.807) is 16.2 Å². The molecule has 2 heterocycles. The zero-order valence-corrected chi connectivity index (χ0v) is 20.1. The van der Waals surface area contributed by atoms with Gasteiger partial charge < -0.3 is 14.5 Å². The number of thiophene rings is 1. The number of carbonyl (C=O) groups excluding carboxylic acids is 2. The molecule has 1 aliphatic heterocycles. The number of ether oxygens (including phenoxy) is 1. The van der Waals surface area contributed by atoms with Crippen molar-refractivity contribution in [3.63, 3.8) is 0 Å². The van der Waals surface area contributed by atoms with E-state index in [2.05, 4.69) is 51.3 Å². The van der Waals surface area contributed by atoms with Crippen molar-refractivity contribution in [2.24, 2.45) is 5.92 Å². The van der Waals surface area contributed by atoms with E-state index in [-0.39, 0.29) is 24.4 Å².